The smallest absolute Gasteiger partial charge is 0.339 e. The summed E-state index contributed by atoms with van der Waals surface area (Å²) in [6.07, 6.45) is 1.72. The highest BCUT2D eigenvalue weighted by Crippen LogP contribution is 2.22. The number of hydrogen-bond donors (Lipinski definition) is 1. The molecule has 5 nitrogen and oxygen atoms in total. The summed E-state index contributed by atoms with van der Waals surface area (Å²) in [4.78, 5) is 25.2. The molecule has 0 saturated carbocycles. The molecule has 164 valence electrons. The Morgan fingerprint density at radius 2 is 1.66 bits per heavy atom. The van der Waals surface area contributed by atoms with Crippen LogP contribution in [0.15, 0.2) is 78.9 Å². The number of carbonyl (C=O) groups is 2. The normalized spacial score (nSPS) is 11.2. The molecule has 0 aliphatic rings. The number of benzene rings is 3. The first-order chi connectivity index (χ1) is 15.5. The van der Waals surface area contributed by atoms with Gasteiger partial charge in [-0.3, -0.25) is 4.79 Å². The van der Waals surface area contributed by atoms with E-state index in [1.54, 1.807) is 13.2 Å². The van der Waals surface area contributed by atoms with Gasteiger partial charge < -0.3 is 14.8 Å². The first kappa shape index (κ1) is 22.8. The second-order valence-corrected chi connectivity index (χ2v) is 7.60. The Labute approximate surface area is 188 Å². The molecule has 0 saturated heterocycles. The van der Waals surface area contributed by atoms with Crippen LogP contribution >= 0.6 is 0 Å². The summed E-state index contributed by atoms with van der Waals surface area (Å²) in [5.74, 6) is 0.115. The zero-order valence-corrected chi connectivity index (χ0v) is 18.5. The zero-order chi connectivity index (χ0) is 22.9. The molecule has 3 rings (SSSR count). The number of esters is 1. The molecule has 1 N–H and O–H groups in total. The predicted octanol–water partition coefficient (Wildman–Crippen LogP) is 5.54. The third-order valence-corrected chi connectivity index (χ3v) is 4.90. The van der Waals surface area contributed by atoms with Gasteiger partial charge in [0.15, 0.2) is 6.61 Å². The lowest BCUT2D eigenvalue weighted by atomic mass is 10.0. The van der Waals surface area contributed by atoms with Gasteiger partial charge in [-0.25, -0.2) is 4.79 Å². The molecule has 0 aliphatic heterocycles. The van der Waals surface area contributed by atoms with Crippen molar-refractivity contribution in [2.24, 2.45) is 0 Å². The fourth-order valence-corrected chi connectivity index (χ4v) is 3.13. The minimum absolute atomic E-state index is 0.355. The van der Waals surface area contributed by atoms with Crippen LogP contribution in [-0.2, 0) is 14.3 Å². The number of carbonyl (C=O) groups excluding carboxylic acids is 2. The molecule has 5 heteroatoms. The van der Waals surface area contributed by atoms with Gasteiger partial charge in [-0.15, -0.1) is 0 Å². The van der Waals surface area contributed by atoms with Crippen LogP contribution in [0.5, 0.6) is 5.75 Å². The molecular formula is C27H27NO4. The van der Waals surface area contributed by atoms with Crippen molar-refractivity contribution < 1.29 is 19.1 Å². The Balaban J connectivity index is 1.71. The average molecular weight is 430 g/mol. The molecule has 0 fully saturated rings. The van der Waals surface area contributed by atoms with Crippen LogP contribution in [0, 0.1) is 0 Å². The van der Waals surface area contributed by atoms with Crippen molar-refractivity contribution in [2.75, 3.05) is 19.0 Å². The van der Waals surface area contributed by atoms with E-state index in [4.69, 9.17) is 9.47 Å². The SMILES string of the molecule is COc1cccc(C=C(C(=O)OCC(=O)Nc2ccc(C(C)C)cc2)c2ccccc2)c1. The Morgan fingerprint density at radius 3 is 2.31 bits per heavy atom. The van der Waals surface area contributed by atoms with Gasteiger partial charge >= 0.3 is 5.97 Å². The molecule has 0 spiro atoms. The standard InChI is InChI=1S/C27H27NO4/c1-19(2)21-12-14-23(15-13-21)28-26(29)18-32-27(30)25(22-9-5-4-6-10-22)17-20-8-7-11-24(16-20)31-3/h4-17,19H,18H2,1-3H3,(H,28,29). The molecule has 0 unspecified atom stereocenters. The second-order valence-electron chi connectivity index (χ2n) is 7.60. The van der Waals surface area contributed by atoms with Gasteiger partial charge in [-0.1, -0.05) is 68.4 Å². The van der Waals surface area contributed by atoms with Crippen molar-refractivity contribution in [2.45, 2.75) is 19.8 Å². The lowest BCUT2D eigenvalue weighted by Gasteiger charge is -2.11. The summed E-state index contributed by atoms with van der Waals surface area (Å²) in [5.41, 5.74) is 3.68. The van der Waals surface area contributed by atoms with Crippen LogP contribution in [0.2, 0.25) is 0 Å². The van der Waals surface area contributed by atoms with E-state index in [0.717, 1.165) is 5.56 Å². The Hall–Kier alpha value is -3.86. The Bertz CT molecular complexity index is 1090. The molecule has 0 atom stereocenters. The van der Waals surface area contributed by atoms with Crippen LogP contribution < -0.4 is 10.1 Å². The van der Waals surface area contributed by atoms with Crippen LogP contribution in [0.3, 0.4) is 0 Å². The maximum absolute atomic E-state index is 12.9. The monoisotopic (exact) mass is 429 g/mol. The van der Waals surface area contributed by atoms with E-state index in [9.17, 15) is 9.59 Å². The molecule has 3 aromatic rings. The fraction of sp³-hybridized carbons (Fsp3) is 0.185. The van der Waals surface area contributed by atoms with E-state index in [2.05, 4.69) is 19.2 Å². The number of amides is 1. The number of methoxy groups -OCH3 is 1. The highest BCUT2D eigenvalue weighted by atomic mass is 16.5. The summed E-state index contributed by atoms with van der Waals surface area (Å²) in [7, 11) is 1.59. The number of hydrogen-bond acceptors (Lipinski definition) is 4. The summed E-state index contributed by atoms with van der Waals surface area (Å²) in [5, 5.41) is 2.75. The van der Waals surface area contributed by atoms with Gasteiger partial charge in [0.1, 0.15) is 5.75 Å². The van der Waals surface area contributed by atoms with E-state index < -0.39 is 11.9 Å². The average Bonchev–Trinajstić information content (AvgIpc) is 2.82. The second kappa shape index (κ2) is 11.0. The molecule has 3 aromatic carbocycles. The van der Waals surface area contributed by atoms with Gasteiger partial charge in [-0.2, -0.15) is 0 Å². The van der Waals surface area contributed by atoms with Crippen molar-refractivity contribution in [1.82, 2.24) is 0 Å². The van der Waals surface area contributed by atoms with Crippen molar-refractivity contribution in [1.29, 1.82) is 0 Å². The van der Waals surface area contributed by atoms with Gasteiger partial charge in [-0.05, 0) is 52.9 Å². The maximum atomic E-state index is 12.9. The van der Waals surface area contributed by atoms with E-state index >= 15 is 0 Å². The lowest BCUT2D eigenvalue weighted by Crippen LogP contribution is -2.21. The Morgan fingerprint density at radius 1 is 0.938 bits per heavy atom. The zero-order valence-electron chi connectivity index (χ0n) is 18.5. The number of anilines is 1. The molecular weight excluding hydrogens is 402 g/mol. The minimum Gasteiger partial charge on any atom is -0.497 e. The molecule has 0 aliphatic carbocycles. The fourth-order valence-electron chi connectivity index (χ4n) is 3.13. The third-order valence-electron chi connectivity index (χ3n) is 4.90. The predicted molar refractivity (Wildman–Crippen MR) is 127 cm³/mol. The minimum atomic E-state index is -0.579. The van der Waals surface area contributed by atoms with E-state index in [1.807, 2.05) is 78.9 Å². The van der Waals surface area contributed by atoms with Crippen molar-refractivity contribution in [3.63, 3.8) is 0 Å². The topological polar surface area (TPSA) is 64.6 Å². The van der Waals surface area contributed by atoms with E-state index in [0.29, 0.717) is 28.5 Å². The quantitative estimate of drug-likeness (QED) is 0.290. The highest BCUT2D eigenvalue weighted by Gasteiger charge is 2.16. The van der Waals surface area contributed by atoms with Gasteiger partial charge in [0.05, 0.1) is 12.7 Å². The van der Waals surface area contributed by atoms with Crippen molar-refractivity contribution in [3.8, 4) is 5.75 Å². The molecule has 0 bridgehead atoms. The summed E-state index contributed by atoms with van der Waals surface area (Å²) in [6.45, 7) is 3.83. The van der Waals surface area contributed by atoms with Crippen molar-refractivity contribution >= 4 is 29.2 Å². The number of ether oxygens (including phenoxy) is 2. The first-order valence-electron chi connectivity index (χ1n) is 10.4. The molecule has 0 radical (unpaired) electrons. The highest BCUT2D eigenvalue weighted by molar-refractivity contribution is 6.22. The van der Waals surface area contributed by atoms with Gasteiger partial charge in [0, 0.05) is 5.69 Å². The van der Waals surface area contributed by atoms with Crippen LogP contribution in [-0.4, -0.2) is 25.6 Å². The lowest BCUT2D eigenvalue weighted by molar-refractivity contribution is -0.141. The number of nitrogens with one attached hydrogen (secondary N) is 1. The van der Waals surface area contributed by atoms with Gasteiger partial charge in [0.2, 0.25) is 0 Å². The molecule has 0 heterocycles. The molecule has 32 heavy (non-hydrogen) atoms. The number of rotatable bonds is 8. The summed E-state index contributed by atoms with van der Waals surface area (Å²) < 4.78 is 10.6. The third kappa shape index (κ3) is 6.32. The van der Waals surface area contributed by atoms with Crippen LogP contribution in [0.25, 0.3) is 11.6 Å². The van der Waals surface area contributed by atoms with E-state index in [-0.39, 0.29) is 6.61 Å². The Kier molecular flexibility index (Phi) is 7.81. The first-order valence-corrected chi connectivity index (χ1v) is 10.4. The molecule has 1 amide bonds. The van der Waals surface area contributed by atoms with E-state index in [1.165, 1.54) is 5.56 Å². The van der Waals surface area contributed by atoms with Crippen LogP contribution in [0.1, 0.15) is 36.5 Å². The summed E-state index contributed by atoms with van der Waals surface area (Å²) in [6, 6.07) is 24.2. The van der Waals surface area contributed by atoms with Crippen LogP contribution in [0.4, 0.5) is 5.69 Å². The maximum Gasteiger partial charge on any atom is 0.339 e. The molecule has 0 aromatic heterocycles. The van der Waals surface area contributed by atoms with Gasteiger partial charge in [0.25, 0.3) is 5.91 Å². The largest absolute Gasteiger partial charge is 0.497 e. The summed E-state index contributed by atoms with van der Waals surface area (Å²) >= 11 is 0. The van der Waals surface area contributed by atoms with Crippen molar-refractivity contribution in [3.05, 3.63) is 95.6 Å².